The van der Waals surface area contributed by atoms with E-state index in [0.717, 1.165) is 33.4 Å². The molecular formula is C54H54O9. The minimum atomic E-state index is -0.952. The molecule has 2 aliphatic rings. The predicted octanol–water partition coefficient (Wildman–Crippen LogP) is 8.34. The number of aliphatic hydroxyl groups is 2. The number of ether oxygens (including phenoxy) is 7. The molecule has 0 aromatic heterocycles. The third-order valence-electron chi connectivity index (χ3n) is 11.3. The van der Waals surface area contributed by atoms with Gasteiger partial charge in [0.2, 0.25) is 0 Å². The lowest BCUT2D eigenvalue weighted by atomic mass is 9.80. The van der Waals surface area contributed by atoms with Gasteiger partial charge in [-0.15, -0.1) is 0 Å². The van der Waals surface area contributed by atoms with Crippen LogP contribution < -0.4 is 0 Å². The largest absolute Gasteiger partial charge is 0.386 e. The maximum absolute atomic E-state index is 11.0. The standard InChI is InChI=1S/C54H54O9/c55-47-31-33-51(62-49(47)39-60-53(41-19-7-1-8-20-41,42-21-9-2-10-22-42)43-23-11-3-12-24-43)58-37-35-57-36-38-59-52-34-32-48(56)50(63-52)40-61-54(44-25-13-4-14-26-44,45-27-15-5-16-28-45)46-29-17-6-18-30-46/h1-34,47-52,55-56H,35-40H2/t47-,48-,49+,50+,51-,52-/m0/s1. The van der Waals surface area contributed by atoms with Gasteiger partial charge in [0.05, 0.1) is 39.6 Å². The second-order valence-corrected chi connectivity index (χ2v) is 15.4. The highest BCUT2D eigenvalue weighted by Gasteiger charge is 2.41. The van der Waals surface area contributed by atoms with Crippen LogP contribution >= 0.6 is 0 Å². The molecule has 0 unspecified atom stereocenters. The Hall–Kier alpha value is -5.56. The van der Waals surface area contributed by atoms with Crippen LogP contribution in [0.1, 0.15) is 33.4 Å². The number of aliphatic hydroxyl groups excluding tert-OH is 2. The van der Waals surface area contributed by atoms with E-state index in [-0.39, 0.29) is 39.6 Å². The van der Waals surface area contributed by atoms with E-state index in [1.54, 1.807) is 24.3 Å². The van der Waals surface area contributed by atoms with Crippen molar-refractivity contribution in [2.45, 2.75) is 48.2 Å². The van der Waals surface area contributed by atoms with E-state index >= 15 is 0 Å². The molecule has 0 spiro atoms. The monoisotopic (exact) mass is 846 g/mol. The van der Waals surface area contributed by atoms with Crippen LogP contribution in [0.4, 0.5) is 0 Å². The van der Waals surface area contributed by atoms with Gasteiger partial charge in [-0.2, -0.15) is 0 Å². The highest BCUT2D eigenvalue weighted by atomic mass is 16.7. The molecule has 0 fully saturated rings. The van der Waals surface area contributed by atoms with Crippen LogP contribution in [0.25, 0.3) is 0 Å². The molecule has 8 rings (SSSR count). The Balaban J connectivity index is 0.817. The topological polar surface area (TPSA) is 105 Å². The van der Waals surface area contributed by atoms with Crippen LogP contribution in [0.5, 0.6) is 0 Å². The van der Waals surface area contributed by atoms with E-state index in [0.29, 0.717) is 0 Å². The van der Waals surface area contributed by atoms with Crippen molar-refractivity contribution >= 4 is 0 Å². The predicted molar refractivity (Wildman–Crippen MR) is 241 cm³/mol. The van der Waals surface area contributed by atoms with Gasteiger partial charge in [-0.05, 0) is 45.5 Å². The van der Waals surface area contributed by atoms with Gasteiger partial charge in [0, 0.05) is 0 Å². The van der Waals surface area contributed by atoms with Crippen molar-refractivity contribution in [3.05, 3.63) is 240 Å². The normalized spacial score (nSPS) is 21.3. The van der Waals surface area contributed by atoms with Crippen molar-refractivity contribution in [2.75, 3.05) is 39.6 Å². The van der Waals surface area contributed by atoms with E-state index in [1.165, 1.54) is 0 Å². The summed E-state index contributed by atoms with van der Waals surface area (Å²) in [6.45, 7) is 1.26. The summed E-state index contributed by atoms with van der Waals surface area (Å²) in [6.07, 6.45) is 2.23. The number of benzene rings is 6. The number of hydrogen-bond donors (Lipinski definition) is 2. The maximum atomic E-state index is 11.0. The van der Waals surface area contributed by atoms with Crippen molar-refractivity contribution in [2.24, 2.45) is 0 Å². The summed E-state index contributed by atoms with van der Waals surface area (Å²) in [7, 11) is 0. The van der Waals surface area contributed by atoms with Crippen LogP contribution in [-0.2, 0) is 44.4 Å². The van der Waals surface area contributed by atoms with Gasteiger partial charge < -0.3 is 43.4 Å². The lowest BCUT2D eigenvalue weighted by Gasteiger charge is -2.38. The molecule has 6 aromatic carbocycles. The third kappa shape index (κ3) is 10.5. The van der Waals surface area contributed by atoms with Crippen LogP contribution in [-0.4, -0.2) is 86.9 Å². The zero-order valence-corrected chi connectivity index (χ0v) is 35.1. The van der Waals surface area contributed by atoms with Crippen LogP contribution in [0.3, 0.4) is 0 Å². The Morgan fingerprint density at radius 2 is 0.635 bits per heavy atom. The average Bonchev–Trinajstić information content (AvgIpc) is 3.35. The summed E-state index contributed by atoms with van der Waals surface area (Å²) in [5.41, 5.74) is 3.86. The van der Waals surface area contributed by atoms with E-state index in [4.69, 9.17) is 33.2 Å². The molecule has 2 N–H and O–H groups in total. The molecule has 63 heavy (non-hydrogen) atoms. The third-order valence-corrected chi connectivity index (χ3v) is 11.3. The summed E-state index contributed by atoms with van der Waals surface area (Å²) in [6, 6.07) is 60.6. The average molecular weight is 847 g/mol. The molecule has 6 aromatic rings. The second kappa shape index (κ2) is 21.7. The van der Waals surface area contributed by atoms with Gasteiger partial charge in [0.25, 0.3) is 0 Å². The van der Waals surface area contributed by atoms with Crippen molar-refractivity contribution < 1.29 is 43.4 Å². The Labute approximate surface area is 369 Å². The summed E-state index contributed by atoms with van der Waals surface area (Å²) in [4.78, 5) is 0. The number of rotatable bonds is 20. The fourth-order valence-corrected chi connectivity index (χ4v) is 8.22. The van der Waals surface area contributed by atoms with Crippen molar-refractivity contribution in [3.8, 4) is 0 Å². The molecule has 0 bridgehead atoms. The molecule has 0 saturated heterocycles. The summed E-state index contributed by atoms with van der Waals surface area (Å²) < 4.78 is 44.1. The van der Waals surface area contributed by atoms with E-state index < -0.39 is 48.2 Å². The molecule has 0 radical (unpaired) electrons. The molecule has 324 valence electrons. The molecule has 9 nitrogen and oxygen atoms in total. The van der Waals surface area contributed by atoms with Crippen molar-refractivity contribution in [3.63, 3.8) is 0 Å². The first kappa shape index (κ1) is 44.1. The molecule has 0 saturated carbocycles. The molecule has 2 aliphatic heterocycles. The Morgan fingerprint density at radius 1 is 0.365 bits per heavy atom. The van der Waals surface area contributed by atoms with Crippen LogP contribution in [0, 0.1) is 0 Å². The molecule has 0 amide bonds. The fourth-order valence-electron chi connectivity index (χ4n) is 8.22. The lowest BCUT2D eigenvalue weighted by molar-refractivity contribution is -0.202. The second-order valence-electron chi connectivity index (χ2n) is 15.4. The SMILES string of the molecule is O[C@H]1C=C[C@@H](OCCOCCO[C@@H]2C=C[C@H](O)[C@@H](COC(c3ccccc3)(c3ccccc3)c3ccccc3)O2)O[C@@H]1COC(c1ccccc1)(c1ccccc1)c1ccccc1. The van der Waals surface area contributed by atoms with Gasteiger partial charge >= 0.3 is 0 Å². The first-order valence-electron chi connectivity index (χ1n) is 21.5. The van der Waals surface area contributed by atoms with Crippen molar-refractivity contribution in [1.29, 1.82) is 0 Å². The Morgan fingerprint density at radius 3 is 0.905 bits per heavy atom. The first-order valence-corrected chi connectivity index (χ1v) is 21.5. The van der Waals surface area contributed by atoms with Crippen molar-refractivity contribution in [1.82, 2.24) is 0 Å². The van der Waals surface area contributed by atoms with Crippen LogP contribution in [0.2, 0.25) is 0 Å². The lowest BCUT2D eigenvalue weighted by Crippen LogP contribution is -2.43. The Bertz CT molecular complexity index is 1940. The fraction of sp³-hybridized carbons (Fsp3) is 0.259. The van der Waals surface area contributed by atoms with Gasteiger partial charge in [0.15, 0.2) is 12.6 Å². The molecule has 0 aliphatic carbocycles. The van der Waals surface area contributed by atoms with Gasteiger partial charge in [-0.25, -0.2) is 0 Å². The minimum Gasteiger partial charge on any atom is -0.386 e. The highest BCUT2D eigenvalue weighted by Crippen LogP contribution is 2.42. The van der Waals surface area contributed by atoms with Gasteiger partial charge in [-0.1, -0.05) is 194 Å². The van der Waals surface area contributed by atoms with E-state index in [1.807, 2.05) is 109 Å². The smallest absolute Gasteiger partial charge is 0.177 e. The summed E-state index contributed by atoms with van der Waals surface area (Å²) in [5, 5.41) is 22.0. The first-order chi connectivity index (χ1) is 31.1. The van der Waals surface area contributed by atoms with Gasteiger partial charge in [0.1, 0.15) is 35.6 Å². The minimum absolute atomic E-state index is 0.0908. The molecular weight excluding hydrogens is 793 g/mol. The van der Waals surface area contributed by atoms with Crippen LogP contribution in [0.15, 0.2) is 206 Å². The van der Waals surface area contributed by atoms with E-state index in [2.05, 4.69) is 72.8 Å². The zero-order valence-electron chi connectivity index (χ0n) is 35.1. The maximum Gasteiger partial charge on any atom is 0.177 e. The Kier molecular flexibility index (Phi) is 15.2. The summed E-state index contributed by atoms with van der Waals surface area (Å²) in [5.74, 6) is 0. The molecule has 6 atom stereocenters. The molecule has 9 heteroatoms. The summed E-state index contributed by atoms with van der Waals surface area (Å²) >= 11 is 0. The molecule has 2 heterocycles. The zero-order chi connectivity index (χ0) is 43.2. The van der Waals surface area contributed by atoms with Gasteiger partial charge in [-0.3, -0.25) is 0 Å². The number of hydrogen-bond acceptors (Lipinski definition) is 9. The van der Waals surface area contributed by atoms with E-state index in [9.17, 15) is 10.2 Å². The quantitative estimate of drug-likeness (QED) is 0.0446. The highest BCUT2D eigenvalue weighted by molar-refractivity contribution is 5.49.